The Hall–Kier alpha value is -0.100. The summed E-state index contributed by atoms with van der Waals surface area (Å²) in [6.45, 7) is 0.834. The van der Waals surface area contributed by atoms with Crippen LogP contribution < -0.4 is 0 Å². The summed E-state index contributed by atoms with van der Waals surface area (Å²) in [4.78, 5) is 0. The minimum Gasteiger partial charge on any atom is -0.378 e. The zero-order chi connectivity index (χ0) is 9.26. The largest absolute Gasteiger partial charge is 0.378 e. The molecule has 0 N–H and O–H groups in total. The van der Waals surface area contributed by atoms with E-state index in [1.165, 1.54) is 22.1 Å². The van der Waals surface area contributed by atoms with E-state index in [1.54, 1.807) is 0 Å². The Morgan fingerprint density at radius 3 is 3.00 bits per heavy atom. The van der Waals surface area contributed by atoms with Gasteiger partial charge >= 0.3 is 0 Å². The standard InChI is InChI=1S/C9H13IN2O/c1-12-9(8(10)6-11-12)4-5-13-7-2-3-7/h6-7H,2-5H2,1H3. The zero-order valence-electron chi connectivity index (χ0n) is 7.66. The van der Waals surface area contributed by atoms with Crippen molar-refractivity contribution in [2.75, 3.05) is 6.61 Å². The van der Waals surface area contributed by atoms with Crippen molar-refractivity contribution in [3.05, 3.63) is 15.5 Å². The Morgan fingerprint density at radius 1 is 1.69 bits per heavy atom. The van der Waals surface area contributed by atoms with Gasteiger partial charge in [-0.2, -0.15) is 5.10 Å². The lowest BCUT2D eigenvalue weighted by Gasteiger charge is -2.03. The normalized spacial score (nSPS) is 16.5. The van der Waals surface area contributed by atoms with E-state index in [0.717, 1.165) is 13.0 Å². The Kier molecular flexibility index (Phi) is 2.88. The zero-order valence-corrected chi connectivity index (χ0v) is 9.82. The van der Waals surface area contributed by atoms with E-state index in [2.05, 4.69) is 27.7 Å². The van der Waals surface area contributed by atoms with Crippen LogP contribution in [0.2, 0.25) is 0 Å². The Labute approximate surface area is 91.6 Å². The van der Waals surface area contributed by atoms with Gasteiger partial charge in [0.25, 0.3) is 0 Å². The van der Waals surface area contributed by atoms with E-state index in [9.17, 15) is 0 Å². The van der Waals surface area contributed by atoms with Gasteiger partial charge in [-0.3, -0.25) is 4.68 Å². The summed E-state index contributed by atoms with van der Waals surface area (Å²) in [6, 6.07) is 0. The third kappa shape index (κ3) is 2.43. The molecule has 1 fully saturated rings. The maximum Gasteiger partial charge on any atom is 0.0626 e. The van der Waals surface area contributed by atoms with Crippen molar-refractivity contribution >= 4 is 22.6 Å². The summed E-state index contributed by atoms with van der Waals surface area (Å²) >= 11 is 2.31. The molecular weight excluding hydrogens is 279 g/mol. The third-order valence-corrected chi connectivity index (χ3v) is 3.13. The molecule has 72 valence electrons. The van der Waals surface area contributed by atoms with Crippen LogP contribution in [0.1, 0.15) is 18.5 Å². The molecule has 0 amide bonds. The van der Waals surface area contributed by atoms with E-state index < -0.39 is 0 Å². The highest BCUT2D eigenvalue weighted by Gasteiger charge is 2.21. The molecule has 2 rings (SSSR count). The molecule has 0 saturated heterocycles. The van der Waals surface area contributed by atoms with E-state index in [-0.39, 0.29) is 0 Å². The van der Waals surface area contributed by atoms with Gasteiger partial charge in [-0.05, 0) is 35.4 Å². The van der Waals surface area contributed by atoms with Gasteiger partial charge in [-0.25, -0.2) is 0 Å². The molecule has 13 heavy (non-hydrogen) atoms. The van der Waals surface area contributed by atoms with Crippen LogP contribution in [0.15, 0.2) is 6.20 Å². The predicted octanol–water partition coefficient (Wildman–Crippen LogP) is 1.75. The number of nitrogens with zero attached hydrogens (tertiary/aromatic N) is 2. The van der Waals surface area contributed by atoms with Crippen LogP contribution in [0.4, 0.5) is 0 Å². The van der Waals surface area contributed by atoms with Gasteiger partial charge in [-0.1, -0.05) is 0 Å². The number of halogens is 1. The first kappa shape index (κ1) is 9.45. The first-order chi connectivity index (χ1) is 6.27. The summed E-state index contributed by atoms with van der Waals surface area (Å²) in [5, 5.41) is 4.18. The molecule has 1 saturated carbocycles. The fourth-order valence-electron chi connectivity index (χ4n) is 1.27. The molecule has 1 heterocycles. The maximum absolute atomic E-state index is 5.59. The van der Waals surface area contributed by atoms with Gasteiger partial charge in [-0.15, -0.1) is 0 Å². The quantitative estimate of drug-likeness (QED) is 0.791. The van der Waals surface area contributed by atoms with Gasteiger partial charge in [0.1, 0.15) is 0 Å². The summed E-state index contributed by atoms with van der Waals surface area (Å²) in [6.07, 6.45) is 5.94. The molecule has 0 aliphatic heterocycles. The predicted molar refractivity (Wildman–Crippen MR) is 58.6 cm³/mol. The van der Waals surface area contributed by atoms with E-state index >= 15 is 0 Å². The lowest BCUT2D eigenvalue weighted by molar-refractivity contribution is 0.121. The molecule has 0 spiro atoms. The summed E-state index contributed by atoms with van der Waals surface area (Å²) < 4.78 is 8.76. The Morgan fingerprint density at radius 2 is 2.46 bits per heavy atom. The monoisotopic (exact) mass is 292 g/mol. The van der Waals surface area contributed by atoms with Gasteiger partial charge in [0.05, 0.1) is 28.2 Å². The average molecular weight is 292 g/mol. The second kappa shape index (κ2) is 3.96. The van der Waals surface area contributed by atoms with Crippen LogP contribution in [0.25, 0.3) is 0 Å². The van der Waals surface area contributed by atoms with Crippen molar-refractivity contribution in [2.45, 2.75) is 25.4 Å². The number of aryl methyl sites for hydroxylation is 1. The highest BCUT2D eigenvalue weighted by atomic mass is 127. The Bertz CT molecular complexity index is 274. The van der Waals surface area contributed by atoms with Crippen LogP contribution >= 0.6 is 22.6 Å². The van der Waals surface area contributed by atoms with Crippen LogP contribution in [0.3, 0.4) is 0 Å². The third-order valence-electron chi connectivity index (χ3n) is 2.23. The van der Waals surface area contributed by atoms with Crippen molar-refractivity contribution in [2.24, 2.45) is 7.05 Å². The SMILES string of the molecule is Cn1ncc(I)c1CCOC1CC1. The molecule has 0 bridgehead atoms. The van der Waals surface area contributed by atoms with Crippen molar-refractivity contribution in [1.29, 1.82) is 0 Å². The highest BCUT2D eigenvalue weighted by Crippen LogP contribution is 2.23. The van der Waals surface area contributed by atoms with Gasteiger partial charge in [0.2, 0.25) is 0 Å². The number of aromatic nitrogens is 2. The molecular formula is C9H13IN2O. The second-order valence-corrected chi connectivity index (χ2v) is 4.55. The fraction of sp³-hybridized carbons (Fsp3) is 0.667. The van der Waals surface area contributed by atoms with Crippen molar-refractivity contribution in [1.82, 2.24) is 9.78 Å². The number of ether oxygens (including phenoxy) is 1. The van der Waals surface area contributed by atoms with E-state index in [0.29, 0.717) is 6.10 Å². The average Bonchev–Trinajstić information content (AvgIpc) is 2.86. The van der Waals surface area contributed by atoms with Gasteiger partial charge in [0, 0.05) is 13.5 Å². The smallest absolute Gasteiger partial charge is 0.0626 e. The van der Waals surface area contributed by atoms with E-state index in [1.807, 2.05) is 17.9 Å². The number of hydrogen-bond acceptors (Lipinski definition) is 2. The highest BCUT2D eigenvalue weighted by molar-refractivity contribution is 14.1. The molecule has 1 aliphatic rings. The molecule has 1 aromatic heterocycles. The molecule has 1 aromatic rings. The summed E-state index contributed by atoms with van der Waals surface area (Å²) in [5.41, 5.74) is 1.28. The molecule has 4 heteroatoms. The minimum absolute atomic E-state index is 0.561. The number of hydrogen-bond donors (Lipinski definition) is 0. The summed E-state index contributed by atoms with van der Waals surface area (Å²) in [5.74, 6) is 0. The fourth-order valence-corrected chi connectivity index (χ4v) is 2.02. The first-order valence-electron chi connectivity index (χ1n) is 4.55. The Balaban J connectivity index is 1.84. The van der Waals surface area contributed by atoms with Gasteiger partial charge < -0.3 is 4.74 Å². The summed E-state index contributed by atoms with van der Waals surface area (Å²) in [7, 11) is 1.98. The number of rotatable bonds is 4. The molecule has 1 aliphatic carbocycles. The van der Waals surface area contributed by atoms with Crippen molar-refractivity contribution in [3.63, 3.8) is 0 Å². The molecule has 0 radical (unpaired) electrons. The molecule has 3 nitrogen and oxygen atoms in total. The van der Waals surface area contributed by atoms with E-state index in [4.69, 9.17) is 4.74 Å². The second-order valence-electron chi connectivity index (χ2n) is 3.38. The topological polar surface area (TPSA) is 27.1 Å². The molecule has 0 atom stereocenters. The van der Waals surface area contributed by atoms with Crippen LogP contribution in [-0.2, 0) is 18.2 Å². The lowest BCUT2D eigenvalue weighted by Crippen LogP contribution is -2.06. The molecule has 0 unspecified atom stereocenters. The van der Waals surface area contributed by atoms with Gasteiger partial charge in [0.15, 0.2) is 0 Å². The van der Waals surface area contributed by atoms with Crippen LogP contribution in [-0.4, -0.2) is 22.5 Å². The van der Waals surface area contributed by atoms with Crippen LogP contribution in [0.5, 0.6) is 0 Å². The maximum atomic E-state index is 5.59. The van der Waals surface area contributed by atoms with Crippen molar-refractivity contribution < 1.29 is 4.74 Å². The first-order valence-corrected chi connectivity index (χ1v) is 5.63. The van der Waals surface area contributed by atoms with Crippen molar-refractivity contribution in [3.8, 4) is 0 Å². The minimum atomic E-state index is 0.561. The lowest BCUT2D eigenvalue weighted by atomic mass is 10.3. The molecule has 0 aromatic carbocycles. The van der Waals surface area contributed by atoms with Crippen LogP contribution in [0, 0.1) is 3.57 Å².